The number of hydrogen-bond donors (Lipinski definition) is 2. The Labute approximate surface area is 156 Å². The highest BCUT2D eigenvalue weighted by Crippen LogP contribution is 2.43. The van der Waals surface area contributed by atoms with Crippen LogP contribution >= 0.6 is 0 Å². The third kappa shape index (κ3) is 2.83. The Morgan fingerprint density at radius 1 is 0.889 bits per heavy atom. The summed E-state index contributed by atoms with van der Waals surface area (Å²) < 4.78 is 21.8. The topological polar surface area (TPSA) is 77.4 Å². The average molecular weight is 368 g/mol. The molecule has 0 atom stereocenters. The lowest BCUT2D eigenvalue weighted by Crippen LogP contribution is -2.00. The van der Waals surface area contributed by atoms with Gasteiger partial charge in [0.2, 0.25) is 6.79 Å². The Morgan fingerprint density at radius 2 is 1.63 bits per heavy atom. The van der Waals surface area contributed by atoms with Crippen LogP contribution in [0.1, 0.15) is 11.1 Å². The van der Waals surface area contributed by atoms with Crippen molar-refractivity contribution in [2.24, 2.45) is 0 Å². The molecule has 3 aromatic carbocycles. The fourth-order valence-electron chi connectivity index (χ4n) is 3.53. The van der Waals surface area contributed by atoms with Gasteiger partial charge in [-0.15, -0.1) is 0 Å². The van der Waals surface area contributed by atoms with E-state index in [0.29, 0.717) is 34.1 Å². The summed E-state index contributed by atoms with van der Waals surface area (Å²) in [6.07, 6.45) is 0. The van der Waals surface area contributed by atoms with E-state index in [2.05, 4.69) is 0 Å². The molecule has 0 bridgehead atoms. The van der Waals surface area contributed by atoms with Crippen LogP contribution in [0.5, 0.6) is 23.0 Å². The standard InChI is InChI=1S/C21H20O6/c1-24-18-7-13-5-14(9-22)16(10-23)21(15(13)8-19(18)25-2)12-3-4-17-20(6-12)27-11-26-17/h3-8,22-23H,9-11H2,1-2H3. The van der Waals surface area contributed by atoms with Gasteiger partial charge in [0, 0.05) is 0 Å². The van der Waals surface area contributed by atoms with Gasteiger partial charge in [-0.2, -0.15) is 0 Å². The van der Waals surface area contributed by atoms with Crippen LogP contribution in [0.25, 0.3) is 21.9 Å². The van der Waals surface area contributed by atoms with Crippen molar-refractivity contribution >= 4 is 10.8 Å². The Bertz CT molecular complexity index is 1010. The van der Waals surface area contributed by atoms with Gasteiger partial charge in [0.1, 0.15) is 0 Å². The average Bonchev–Trinajstić information content (AvgIpc) is 3.18. The molecule has 1 aliphatic rings. The van der Waals surface area contributed by atoms with Crippen LogP contribution < -0.4 is 18.9 Å². The number of ether oxygens (including phenoxy) is 4. The first-order valence-electron chi connectivity index (χ1n) is 8.52. The molecular weight excluding hydrogens is 348 g/mol. The molecule has 2 N–H and O–H groups in total. The van der Waals surface area contributed by atoms with E-state index >= 15 is 0 Å². The summed E-state index contributed by atoms with van der Waals surface area (Å²) in [5.41, 5.74) is 3.00. The zero-order chi connectivity index (χ0) is 19.0. The van der Waals surface area contributed by atoms with E-state index in [0.717, 1.165) is 21.9 Å². The Morgan fingerprint density at radius 3 is 2.33 bits per heavy atom. The molecule has 0 radical (unpaired) electrons. The molecule has 0 spiro atoms. The summed E-state index contributed by atoms with van der Waals surface area (Å²) in [6, 6.07) is 11.3. The third-order valence-corrected chi connectivity index (χ3v) is 4.83. The Balaban J connectivity index is 2.06. The lowest BCUT2D eigenvalue weighted by atomic mass is 9.89. The number of hydrogen-bond acceptors (Lipinski definition) is 6. The van der Waals surface area contributed by atoms with Gasteiger partial charge in [-0.05, 0) is 63.4 Å². The second-order valence-corrected chi connectivity index (χ2v) is 6.20. The summed E-state index contributed by atoms with van der Waals surface area (Å²) in [7, 11) is 3.16. The van der Waals surface area contributed by atoms with Gasteiger partial charge in [0.05, 0.1) is 27.4 Å². The maximum Gasteiger partial charge on any atom is 0.231 e. The zero-order valence-corrected chi connectivity index (χ0v) is 15.1. The van der Waals surface area contributed by atoms with Crippen LogP contribution in [0.2, 0.25) is 0 Å². The van der Waals surface area contributed by atoms with Crippen LogP contribution in [0.4, 0.5) is 0 Å². The van der Waals surface area contributed by atoms with Gasteiger partial charge in [-0.25, -0.2) is 0 Å². The second-order valence-electron chi connectivity index (χ2n) is 6.20. The molecule has 6 heteroatoms. The minimum Gasteiger partial charge on any atom is -0.493 e. The molecule has 1 heterocycles. The first-order chi connectivity index (χ1) is 13.2. The van der Waals surface area contributed by atoms with Gasteiger partial charge in [0.25, 0.3) is 0 Å². The predicted octanol–water partition coefficient (Wildman–Crippen LogP) is 3.24. The lowest BCUT2D eigenvalue weighted by molar-refractivity contribution is 0.174. The Kier molecular flexibility index (Phi) is 4.51. The molecule has 0 amide bonds. The molecule has 0 aliphatic carbocycles. The van der Waals surface area contributed by atoms with Crippen molar-refractivity contribution in [3.8, 4) is 34.1 Å². The maximum absolute atomic E-state index is 10.0. The number of benzene rings is 3. The molecule has 0 aromatic heterocycles. The van der Waals surface area contributed by atoms with E-state index < -0.39 is 0 Å². The molecule has 6 nitrogen and oxygen atoms in total. The van der Waals surface area contributed by atoms with E-state index in [-0.39, 0.29) is 20.0 Å². The molecule has 27 heavy (non-hydrogen) atoms. The SMILES string of the molecule is COc1cc2cc(CO)c(CO)c(-c3ccc4c(c3)OCO4)c2cc1OC. The van der Waals surface area contributed by atoms with Crippen LogP contribution in [-0.2, 0) is 13.2 Å². The fourth-order valence-corrected chi connectivity index (χ4v) is 3.53. The lowest BCUT2D eigenvalue weighted by Gasteiger charge is -2.18. The summed E-state index contributed by atoms with van der Waals surface area (Å²) in [5, 5.41) is 21.7. The first kappa shape index (κ1) is 17.5. The molecule has 0 unspecified atom stereocenters. The predicted molar refractivity (Wildman–Crippen MR) is 100 cm³/mol. The molecule has 3 aromatic rings. The smallest absolute Gasteiger partial charge is 0.231 e. The minimum absolute atomic E-state index is 0.183. The second kappa shape index (κ2) is 6.98. The highest BCUT2D eigenvalue weighted by atomic mass is 16.7. The summed E-state index contributed by atoms with van der Waals surface area (Å²) in [5.74, 6) is 2.53. The molecule has 140 valence electrons. The maximum atomic E-state index is 10.0. The highest BCUT2D eigenvalue weighted by Gasteiger charge is 2.20. The van der Waals surface area contributed by atoms with Crippen molar-refractivity contribution in [2.75, 3.05) is 21.0 Å². The quantitative estimate of drug-likeness (QED) is 0.720. The number of aliphatic hydroxyl groups is 2. The van der Waals surface area contributed by atoms with Gasteiger partial charge in [-0.1, -0.05) is 6.07 Å². The van der Waals surface area contributed by atoms with Crippen molar-refractivity contribution < 1.29 is 29.2 Å². The van der Waals surface area contributed by atoms with Crippen molar-refractivity contribution in [1.82, 2.24) is 0 Å². The molecular formula is C21H20O6. The number of aliphatic hydroxyl groups excluding tert-OH is 2. The first-order valence-corrected chi connectivity index (χ1v) is 8.52. The van der Waals surface area contributed by atoms with Crippen molar-refractivity contribution in [1.29, 1.82) is 0 Å². The summed E-state index contributed by atoms with van der Waals surface area (Å²) >= 11 is 0. The highest BCUT2D eigenvalue weighted by molar-refractivity contribution is 6.01. The number of methoxy groups -OCH3 is 2. The summed E-state index contributed by atoms with van der Waals surface area (Å²) in [6.45, 7) is -0.199. The van der Waals surface area contributed by atoms with Gasteiger partial charge in [-0.3, -0.25) is 0 Å². The molecule has 4 rings (SSSR count). The molecule has 0 fully saturated rings. The van der Waals surface area contributed by atoms with E-state index in [9.17, 15) is 10.2 Å². The largest absolute Gasteiger partial charge is 0.493 e. The summed E-state index contributed by atoms with van der Waals surface area (Å²) in [4.78, 5) is 0. The van der Waals surface area contributed by atoms with Gasteiger partial charge in [0.15, 0.2) is 23.0 Å². The van der Waals surface area contributed by atoms with Crippen molar-refractivity contribution in [3.05, 3.63) is 47.5 Å². The minimum atomic E-state index is -0.204. The number of rotatable bonds is 5. The van der Waals surface area contributed by atoms with E-state index in [4.69, 9.17) is 18.9 Å². The van der Waals surface area contributed by atoms with Gasteiger partial charge >= 0.3 is 0 Å². The van der Waals surface area contributed by atoms with Crippen LogP contribution in [0, 0.1) is 0 Å². The molecule has 0 saturated heterocycles. The third-order valence-electron chi connectivity index (χ3n) is 4.83. The molecule has 1 aliphatic heterocycles. The monoisotopic (exact) mass is 368 g/mol. The van der Waals surface area contributed by atoms with E-state index in [1.807, 2.05) is 36.4 Å². The van der Waals surface area contributed by atoms with Crippen LogP contribution in [-0.4, -0.2) is 31.2 Å². The van der Waals surface area contributed by atoms with Gasteiger partial charge < -0.3 is 29.2 Å². The fraction of sp³-hybridized carbons (Fsp3) is 0.238. The van der Waals surface area contributed by atoms with Crippen molar-refractivity contribution in [2.45, 2.75) is 13.2 Å². The normalized spacial score (nSPS) is 12.4. The van der Waals surface area contributed by atoms with Crippen LogP contribution in [0.15, 0.2) is 36.4 Å². The number of fused-ring (bicyclic) bond motifs is 2. The van der Waals surface area contributed by atoms with E-state index in [1.165, 1.54) is 0 Å². The zero-order valence-electron chi connectivity index (χ0n) is 15.1. The van der Waals surface area contributed by atoms with E-state index in [1.54, 1.807) is 14.2 Å². The van der Waals surface area contributed by atoms with Crippen molar-refractivity contribution in [3.63, 3.8) is 0 Å². The Hall–Kier alpha value is -2.96. The van der Waals surface area contributed by atoms with Crippen LogP contribution in [0.3, 0.4) is 0 Å². The molecule has 0 saturated carbocycles.